The second-order valence-corrected chi connectivity index (χ2v) is 6.78. The van der Waals surface area contributed by atoms with Gasteiger partial charge < -0.3 is 0 Å². The third-order valence-corrected chi connectivity index (χ3v) is 3.75. The van der Waals surface area contributed by atoms with E-state index in [1.54, 1.807) is 30.6 Å². The number of hydrogen-bond donors (Lipinski definition) is 0. The van der Waals surface area contributed by atoms with Crippen molar-refractivity contribution < 1.29 is 9.59 Å². The van der Waals surface area contributed by atoms with Crippen LogP contribution in [-0.2, 0) is 6.42 Å². The van der Waals surface area contributed by atoms with Crippen LogP contribution in [0.4, 0.5) is 0 Å². The smallest absolute Gasteiger partial charge is 0.181 e. The molecule has 2 rings (SSSR count). The van der Waals surface area contributed by atoms with Crippen LogP contribution in [0.1, 0.15) is 53.2 Å². The number of carbonyl (C=O) groups excluding carboxylic acids is 2. The summed E-state index contributed by atoms with van der Waals surface area (Å²) in [6.45, 7) is 3.97. The van der Waals surface area contributed by atoms with E-state index in [0.717, 1.165) is 10.0 Å². The molecule has 0 unspecified atom stereocenters. The predicted octanol–water partition coefficient (Wildman–Crippen LogP) is 4.28. The van der Waals surface area contributed by atoms with E-state index in [4.69, 9.17) is 0 Å². The molecular formula is C18H19BrN2O2. The van der Waals surface area contributed by atoms with Gasteiger partial charge in [0.2, 0.25) is 0 Å². The first-order chi connectivity index (χ1) is 11.0. The van der Waals surface area contributed by atoms with E-state index in [1.165, 1.54) is 0 Å². The zero-order valence-electron chi connectivity index (χ0n) is 13.3. The van der Waals surface area contributed by atoms with Gasteiger partial charge in [0.1, 0.15) is 11.4 Å². The fourth-order valence-corrected chi connectivity index (χ4v) is 2.61. The van der Waals surface area contributed by atoms with Crippen molar-refractivity contribution in [3.8, 4) is 0 Å². The number of pyridine rings is 2. The summed E-state index contributed by atoms with van der Waals surface area (Å²) in [7, 11) is 0. The Kier molecular flexibility index (Phi) is 6.16. The zero-order valence-corrected chi connectivity index (χ0v) is 14.8. The number of ketones is 2. The largest absolute Gasteiger partial charge is 0.292 e. The van der Waals surface area contributed by atoms with Crippen LogP contribution in [0.5, 0.6) is 0 Å². The Hall–Kier alpha value is -1.88. The Balaban J connectivity index is 2.03. The number of aromatic nitrogens is 2. The van der Waals surface area contributed by atoms with Gasteiger partial charge in [0.15, 0.2) is 11.6 Å². The maximum Gasteiger partial charge on any atom is 0.181 e. The number of Topliss-reactive ketones (excluding diaryl/α,β-unsaturated/α-hetero) is 2. The van der Waals surface area contributed by atoms with Crippen LogP contribution in [0.25, 0.3) is 0 Å². The SMILES string of the molecule is CC(C)CC(=O)c1cccc(C(=O)CCc2cncc(Br)c2)n1. The Morgan fingerprint density at radius 2 is 1.83 bits per heavy atom. The average Bonchev–Trinajstić information content (AvgIpc) is 2.52. The van der Waals surface area contributed by atoms with Crippen LogP contribution in [0.2, 0.25) is 0 Å². The Labute approximate surface area is 144 Å². The van der Waals surface area contributed by atoms with Crippen LogP contribution in [0.15, 0.2) is 41.1 Å². The maximum absolute atomic E-state index is 12.3. The van der Waals surface area contributed by atoms with Gasteiger partial charge in [-0.05, 0) is 52.0 Å². The first-order valence-corrected chi connectivity index (χ1v) is 8.38. The molecule has 0 saturated carbocycles. The van der Waals surface area contributed by atoms with E-state index in [2.05, 4.69) is 25.9 Å². The standard InChI is InChI=1S/C18H19BrN2O2/c1-12(2)8-18(23)16-5-3-4-15(21-16)17(22)7-6-13-9-14(19)11-20-10-13/h3-5,9-12H,6-8H2,1-2H3. The quantitative estimate of drug-likeness (QED) is 0.678. The molecule has 0 bridgehead atoms. The molecule has 0 atom stereocenters. The molecule has 2 aromatic heterocycles. The van der Waals surface area contributed by atoms with E-state index in [0.29, 0.717) is 30.7 Å². The summed E-state index contributed by atoms with van der Waals surface area (Å²) >= 11 is 3.36. The second-order valence-electron chi connectivity index (χ2n) is 5.86. The number of hydrogen-bond acceptors (Lipinski definition) is 4. The lowest BCUT2D eigenvalue weighted by Crippen LogP contribution is -2.10. The maximum atomic E-state index is 12.3. The number of nitrogens with zero attached hydrogens (tertiary/aromatic N) is 2. The number of carbonyl (C=O) groups is 2. The average molecular weight is 375 g/mol. The summed E-state index contributed by atoms with van der Waals surface area (Å²) in [6, 6.07) is 6.98. The summed E-state index contributed by atoms with van der Waals surface area (Å²) in [6.07, 6.45) is 4.82. The summed E-state index contributed by atoms with van der Waals surface area (Å²) in [5.74, 6) is 0.183. The van der Waals surface area contributed by atoms with E-state index in [-0.39, 0.29) is 17.5 Å². The van der Waals surface area contributed by atoms with Gasteiger partial charge >= 0.3 is 0 Å². The molecule has 2 aromatic rings. The summed E-state index contributed by atoms with van der Waals surface area (Å²) in [5, 5.41) is 0. The van der Waals surface area contributed by atoms with Crippen molar-refractivity contribution in [2.75, 3.05) is 0 Å². The molecule has 0 aliphatic rings. The van der Waals surface area contributed by atoms with Crippen LogP contribution in [-0.4, -0.2) is 21.5 Å². The highest BCUT2D eigenvalue weighted by Crippen LogP contribution is 2.13. The van der Waals surface area contributed by atoms with E-state index < -0.39 is 0 Å². The number of halogens is 1. The van der Waals surface area contributed by atoms with Gasteiger partial charge in [-0.15, -0.1) is 0 Å². The first kappa shape index (κ1) is 17.5. The monoisotopic (exact) mass is 374 g/mol. The first-order valence-electron chi connectivity index (χ1n) is 7.58. The molecule has 23 heavy (non-hydrogen) atoms. The van der Waals surface area contributed by atoms with E-state index in [1.807, 2.05) is 19.9 Å². The van der Waals surface area contributed by atoms with E-state index >= 15 is 0 Å². The lowest BCUT2D eigenvalue weighted by Gasteiger charge is -2.06. The van der Waals surface area contributed by atoms with Gasteiger partial charge in [-0.1, -0.05) is 19.9 Å². The van der Waals surface area contributed by atoms with Gasteiger partial charge in [-0.25, -0.2) is 4.98 Å². The van der Waals surface area contributed by atoms with Crippen molar-refractivity contribution >= 4 is 27.5 Å². The van der Waals surface area contributed by atoms with Gasteiger partial charge in [-0.3, -0.25) is 14.6 Å². The van der Waals surface area contributed by atoms with Crippen LogP contribution in [0, 0.1) is 5.92 Å². The zero-order chi connectivity index (χ0) is 16.8. The fraction of sp³-hybridized carbons (Fsp3) is 0.333. The lowest BCUT2D eigenvalue weighted by molar-refractivity contribution is 0.0962. The second kappa shape index (κ2) is 8.11. The van der Waals surface area contributed by atoms with Crippen molar-refractivity contribution in [3.63, 3.8) is 0 Å². The van der Waals surface area contributed by atoms with Crippen LogP contribution < -0.4 is 0 Å². The number of rotatable bonds is 7. The van der Waals surface area contributed by atoms with Crippen LogP contribution >= 0.6 is 15.9 Å². The fourth-order valence-electron chi connectivity index (χ4n) is 2.20. The molecule has 0 amide bonds. The van der Waals surface area contributed by atoms with Crippen molar-refractivity contribution in [3.05, 3.63) is 58.1 Å². The molecule has 0 fully saturated rings. The molecule has 2 heterocycles. The third-order valence-electron chi connectivity index (χ3n) is 3.32. The van der Waals surface area contributed by atoms with Crippen molar-refractivity contribution in [1.29, 1.82) is 0 Å². The lowest BCUT2D eigenvalue weighted by atomic mass is 10.0. The molecular weight excluding hydrogens is 356 g/mol. The summed E-state index contributed by atoms with van der Waals surface area (Å²) in [4.78, 5) is 32.7. The Morgan fingerprint density at radius 1 is 1.13 bits per heavy atom. The minimum absolute atomic E-state index is 0.0224. The van der Waals surface area contributed by atoms with Crippen molar-refractivity contribution in [2.45, 2.75) is 33.1 Å². The molecule has 0 aliphatic carbocycles. The summed E-state index contributed by atoms with van der Waals surface area (Å²) in [5.41, 5.74) is 1.70. The van der Waals surface area contributed by atoms with Gasteiger partial charge in [0.05, 0.1) is 0 Å². The molecule has 4 nitrogen and oxygen atoms in total. The minimum atomic E-state index is -0.0656. The van der Waals surface area contributed by atoms with Gasteiger partial charge in [0, 0.05) is 29.7 Å². The Bertz CT molecular complexity index is 714. The van der Waals surface area contributed by atoms with Crippen molar-refractivity contribution in [2.24, 2.45) is 5.92 Å². The molecule has 5 heteroatoms. The highest BCUT2D eigenvalue weighted by atomic mass is 79.9. The molecule has 0 saturated heterocycles. The summed E-state index contributed by atoms with van der Waals surface area (Å²) < 4.78 is 0.891. The molecule has 0 aromatic carbocycles. The molecule has 0 aliphatic heterocycles. The minimum Gasteiger partial charge on any atom is -0.292 e. The van der Waals surface area contributed by atoms with Crippen LogP contribution in [0.3, 0.4) is 0 Å². The van der Waals surface area contributed by atoms with E-state index in [9.17, 15) is 9.59 Å². The molecule has 0 spiro atoms. The predicted molar refractivity (Wildman–Crippen MR) is 92.6 cm³/mol. The third kappa shape index (κ3) is 5.36. The van der Waals surface area contributed by atoms with Gasteiger partial charge in [-0.2, -0.15) is 0 Å². The Morgan fingerprint density at radius 3 is 2.48 bits per heavy atom. The highest BCUT2D eigenvalue weighted by Gasteiger charge is 2.13. The molecule has 0 N–H and O–H groups in total. The van der Waals surface area contributed by atoms with Gasteiger partial charge in [0.25, 0.3) is 0 Å². The van der Waals surface area contributed by atoms with Crippen molar-refractivity contribution in [1.82, 2.24) is 9.97 Å². The molecule has 120 valence electrons. The molecule has 0 radical (unpaired) electrons. The normalized spacial score (nSPS) is 10.8. The number of aryl methyl sites for hydroxylation is 1. The topological polar surface area (TPSA) is 59.9 Å². The highest BCUT2D eigenvalue weighted by molar-refractivity contribution is 9.10.